The number of hydrogen-bond donors (Lipinski definition) is 2. The molecule has 0 saturated heterocycles. The van der Waals surface area contributed by atoms with Gasteiger partial charge in [-0.15, -0.1) is 0 Å². The van der Waals surface area contributed by atoms with Crippen LogP contribution in [0.5, 0.6) is 0 Å². The van der Waals surface area contributed by atoms with Crippen molar-refractivity contribution in [1.82, 2.24) is 10.3 Å². The summed E-state index contributed by atoms with van der Waals surface area (Å²) in [4.78, 5) is 29.5. The first-order valence-corrected chi connectivity index (χ1v) is 11.7. The number of carbonyl (C=O) groups excluding carboxylic acids is 2. The summed E-state index contributed by atoms with van der Waals surface area (Å²) in [6.45, 7) is 8.68. The molecule has 1 unspecified atom stereocenters. The maximum absolute atomic E-state index is 13.1. The van der Waals surface area contributed by atoms with Gasteiger partial charge in [0.1, 0.15) is 0 Å². The number of halogens is 1. The van der Waals surface area contributed by atoms with E-state index in [0.717, 1.165) is 40.1 Å². The van der Waals surface area contributed by atoms with Gasteiger partial charge in [0.15, 0.2) is 0 Å². The molecule has 1 amide bonds. The van der Waals surface area contributed by atoms with Crippen molar-refractivity contribution in [2.75, 3.05) is 0 Å². The molecule has 1 atom stereocenters. The van der Waals surface area contributed by atoms with Crippen LogP contribution in [0.1, 0.15) is 48.3 Å². The Morgan fingerprint density at radius 2 is 1.88 bits per heavy atom. The van der Waals surface area contributed by atoms with Crippen LogP contribution in [-0.2, 0) is 29.0 Å². The Labute approximate surface area is 201 Å². The van der Waals surface area contributed by atoms with E-state index >= 15 is 0 Å². The van der Waals surface area contributed by atoms with E-state index in [1.54, 1.807) is 18.2 Å². The fourth-order valence-electron chi connectivity index (χ4n) is 4.22. The van der Waals surface area contributed by atoms with Gasteiger partial charge in [0.05, 0.1) is 12.3 Å². The highest BCUT2D eigenvalue weighted by Gasteiger charge is 2.23. The molecule has 5 nitrogen and oxygen atoms in total. The van der Waals surface area contributed by atoms with E-state index in [2.05, 4.69) is 50.4 Å². The number of aryl methyl sites for hydroxylation is 2. The first-order chi connectivity index (χ1) is 15.7. The first kappa shape index (κ1) is 24.9. The Morgan fingerprint density at radius 3 is 2.48 bits per heavy atom. The van der Waals surface area contributed by atoms with Gasteiger partial charge in [-0.25, -0.2) is 0 Å². The summed E-state index contributed by atoms with van der Waals surface area (Å²) in [6.07, 6.45) is 6.67. The highest BCUT2D eigenvalue weighted by molar-refractivity contribution is 6.64. The molecular weight excluding hydrogens is 434 g/mol. The molecule has 2 aromatic rings. The zero-order valence-corrected chi connectivity index (χ0v) is 20.5. The van der Waals surface area contributed by atoms with Crippen LogP contribution in [0.25, 0.3) is 11.1 Å². The third-order valence-electron chi connectivity index (χ3n) is 5.85. The molecule has 6 heteroatoms. The van der Waals surface area contributed by atoms with Gasteiger partial charge < -0.3 is 11.1 Å². The van der Waals surface area contributed by atoms with E-state index in [-0.39, 0.29) is 12.3 Å². The summed E-state index contributed by atoms with van der Waals surface area (Å²) < 4.78 is 0. The van der Waals surface area contributed by atoms with E-state index in [9.17, 15) is 9.59 Å². The normalized spacial score (nSPS) is 15.5. The standard InChI is InChI=1S/C27H32ClN3O2/c1-16(2)12-24-23(15-29)26(19-10-8-17(3)9-11-19)22(18(4)30-24)14-25(32)31-21-7-5-6-20(13-21)27(28)33/h5-11,16,20H,12-15,29H2,1-4H3,(H,31,32). The monoisotopic (exact) mass is 465 g/mol. The number of carbonyl (C=O) groups is 2. The lowest BCUT2D eigenvalue weighted by Crippen LogP contribution is -2.28. The third-order valence-corrected chi connectivity index (χ3v) is 6.13. The van der Waals surface area contributed by atoms with Crippen LogP contribution in [0.3, 0.4) is 0 Å². The van der Waals surface area contributed by atoms with Crippen molar-refractivity contribution in [2.24, 2.45) is 17.6 Å². The molecule has 0 fully saturated rings. The average molecular weight is 466 g/mol. The SMILES string of the molecule is Cc1ccc(-c2c(CC(=O)NC3=CC=CC(C(=O)Cl)C3)c(C)nc(CC(C)C)c2CN)cc1. The minimum atomic E-state index is -0.430. The predicted octanol–water partition coefficient (Wildman–Crippen LogP) is 4.91. The van der Waals surface area contributed by atoms with Gasteiger partial charge in [-0.3, -0.25) is 14.6 Å². The van der Waals surface area contributed by atoms with Gasteiger partial charge in [0.2, 0.25) is 11.1 Å². The fourth-order valence-corrected chi connectivity index (χ4v) is 4.37. The molecule has 0 bridgehead atoms. The number of aromatic nitrogens is 1. The summed E-state index contributed by atoms with van der Waals surface area (Å²) in [6, 6.07) is 8.30. The number of hydrogen-bond acceptors (Lipinski definition) is 4. The van der Waals surface area contributed by atoms with Crippen LogP contribution >= 0.6 is 11.6 Å². The van der Waals surface area contributed by atoms with Crippen LogP contribution in [0, 0.1) is 25.7 Å². The van der Waals surface area contributed by atoms with E-state index in [1.165, 1.54) is 5.56 Å². The summed E-state index contributed by atoms with van der Waals surface area (Å²) in [7, 11) is 0. The van der Waals surface area contributed by atoms with Gasteiger partial charge in [0.25, 0.3) is 0 Å². The van der Waals surface area contributed by atoms with Crippen molar-refractivity contribution in [3.8, 4) is 11.1 Å². The second kappa shape index (κ2) is 10.9. The van der Waals surface area contributed by atoms with E-state index < -0.39 is 11.2 Å². The zero-order chi connectivity index (χ0) is 24.1. The number of allylic oxidation sites excluding steroid dienone is 4. The van der Waals surface area contributed by atoms with Gasteiger partial charge in [0, 0.05) is 30.1 Å². The van der Waals surface area contributed by atoms with Crippen LogP contribution < -0.4 is 11.1 Å². The van der Waals surface area contributed by atoms with Crippen molar-refractivity contribution in [1.29, 1.82) is 0 Å². The van der Waals surface area contributed by atoms with Crippen molar-refractivity contribution in [3.05, 3.63) is 76.3 Å². The second-order valence-corrected chi connectivity index (χ2v) is 9.43. The van der Waals surface area contributed by atoms with E-state index in [0.29, 0.717) is 24.6 Å². The highest BCUT2D eigenvalue weighted by atomic mass is 35.5. The maximum atomic E-state index is 13.1. The van der Waals surface area contributed by atoms with Crippen LogP contribution in [0.4, 0.5) is 0 Å². The Hall–Kier alpha value is -2.76. The molecule has 1 aromatic carbocycles. The Balaban J connectivity index is 1.99. The second-order valence-electron chi connectivity index (χ2n) is 9.06. The molecule has 0 spiro atoms. The smallest absolute Gasteiger partial charge is 0.228 e. The van der Waals surface area contributed by atoms with Crippen LogP contribution in [-0.4, -0.2) is 16.1 Å². The Kier molecular flexibility index (Phi) is 8.22. The molecular formula is C27H32ClN3O2. The fraction of sp³-hybridized carbons (Fsp3) is 0.370. The molecule has 1 aliphatic carbocycles. The molecule has 3 rings (SSSR count). The summed E-state index contributed by atoms with van der Waals surface area (Å²) in [5.74, 6) is -0.140. The minimum Gasteiger partial charge on any atom is -0.329 e. The van der Waals surface area contributed by atoms with Gasteiger partial charge >= 0.3 is 0 Å². The molecule has 33 heavy (non-hydrogen) atoms. The lowest BCUT2D eigenvalue weighted by Gasteiger charge is -2.22. The largest absolute Gasteiger partial charge is 0.329 e. The number of nitrogens with two attached hydrogens (primary N) is 1. The maximum Gasteiger partial charge on any atom is 0.228 e. The predicted molar refractivity (Wildman–Crippen MR) is 134 cm³/mol. The third kappa shape index (κ3) is 6.18. The molecule has 174 valence electrons. The average Bonchev–Trinajstić information content (AvgIpc) is 2.75. The molecule has 0 saturated carbocycles. The molecule has 0 radical (unpaired) electrons. The van der Waals surface area contributed by atoms with E-state index in [4.69, 9.17) is 22.3 Å². The molecule has 3 N–H and O–H groups in total. The summed E-state index contributed by atoms with van der Waals surface area (Å²) in [5.41, 5.74) is 13.8. The number of benzene rings is 1. The number of nitrogens with zero attached hydrogens (tertiary/aromatic N) is 1. The number of rotatable bonds is 8. The molecule has 1 aliphatic rings. The van der Waals surface area contributed by atoms with Crippen molar-refractivity contribution < 1.29 is 9.59 Å². The van der Waals surface area contributed by atoms with Gasteiger partial charge in [-0.05, 0) is 66.1 Å². The lowest BCUT2D eigenvalue weighted by atomic mass is 9.88. The number of amides is 1. The molecule has 0 aliphatic heterocycles. The minimum absolute atomic E-state index is 0.157. The Morgan fingerprint density at radius 1 is 1.18 bits per heavy atom. The lowest BCUT2D eigenvalue weighted by molar-refractivity contribution is -0.120. The van der Waals surface area contributed by atoms with Crippen molar-refractivity contribution in [2.45, 2.75) is 53.5 Å². The summed E-state index contributed by atoms with van der Waals surface area (Å²) in [5, 5.41) is 2.52. The van der Waals surface area contributed by atoms with Crippen LogP contribution in [0.15, 0.2) is 48.2 Å². The number of pyridine rings is 1. The first-order valence-electron chi connectivity index (χ1n) is 11.3. The van der Waals surface area contributed by atoms with E-state index in [1.807, 2.05) is 6.92 Å². The molecule has 1 aromatic heterocycles. The quantitative estimate of drug-likeness (QED) is 0.542. The zero-order valence-electron chi connectivity index (χ0n) is 19.7. The van der Waals surface area contributed by atoms with Crippen molar-refractivity contribution >= 4 is 22.8 Å². The van der Waals surface area contributed by atoms with Crippen LogP contribution in [0.2, 0.25) is 0 Å². The van der Waals surface area contributed by atoms with Crippen molar-refractivity contribution in [3.63, 3.8) is 0 Å². The highest BCUT2D eigenvalue weighted by Crippen LogP contribution is 2.33. The number of nitrogens with one attached hydrogen (secondary N) is 1. The van der Waals surface area contributed by atoms with Gasteiger partial charge in [-0.2, -0.15) is 0 Å². The van der Waals surface area contributed by atoms with Gasteiger partial charge in [-0.1, -0.05) is 55.8 Å². The summed E-state index contributed by atoms with van der Waals surface area (Å²) >= 11 is 5.64. The molecule has 1 heterocycles. The Bertz CT molecular complexity index is 1100. The topological polar surface area (TPSA) is 85.1 Å².